The predicted octanol–water partition coefficient (Wildman–Crippen LogP) is 1.75. The summed E-state index contributed by atoms with van der Waals surface area (Å²) in [5, 5.41) is 3.29. The summed E-state index contributed by atoms with van der Waals surface area (Å²) >= 11 is 0. The van der Waals surface area contributed by atoms with Gasteiger partial charge in [-0.25, -0.2) is 13.1 Å². The fraction of sp³-hybridized carbons (Fsp3) is 0.600. The van der Waals surface area contributed by atoms with E-state index in [0.29, 0.717) is 18.2 Å². The molecule has 0 aliphatic carbocycles. The van der Waals surface area contributed by atoms with Crippen molar-refractivity contribution in [3.8, 4) is 5.75 Å². The maximum atomic E-state index is 12.2. The average Bonchev–Trinajstić information content (AvgIpc) is 2.46. The Bertz CT molecular complexity index is 535. The van der Waals surface area contributed by atoms with Crippen molar-refractivity contribution in [3.05, 3.63) is 24.3 Å². The third-order valence-corrected chi connectivity index (χ3v) is 4.91. The maximum absolute atomic E-state index is 12.2. The van der Waals surface area contributed by atoms with Gasteiger partial charge < -0.3 is 10.1 Å². The minimum absolute atomic E-state index is 0.0735. The van der Waals surface area contributed by atoms with Crippen LogP contribution in [-0.4, -0.2) is 34.2 Å². The summed E-state index contributed by atoms with van der Waals surface area (Å²) in [5.41, 5.74) is 0. The molecule has 0 spiro atoms. The SMILES string of the molecule is CC(C)Oc1ccc(S(=O)(=O)NC[C@@H]2CCCNC2)cc1. The molecular weight excluding hydrogens is 288 g/mol. The average molecular weight is 312 g/mol. The second kappa shape index (κ2) is 7.24. The van der Waals surface area contributed by atoms with Crippen LogP contribution in [-0.2, 0) is 10.0 Å². The van der Waals surface area contributed by atoms with Gasteiger partial charge in [0.05, 0.1) is 11.0 Å². The fourth-order valence-electron chi connectivity index (χ4n) is 2.38. The van der Waals surface area contributed by atoms with E-state index < -0.39 is 10.0 Å². The van der Waals surface area contributed by atoms with E-state index in [-0.39, 0.29) is 11.0 Å². The van der Waals surface area contributed by atoms with Gasteiger partial charge in [-0.15, -0.1) is 0 Å². The van der Waals surface area contributed by atoms with Gasteiger partial charge in [0.1, 0.15) is 5.75 Å². The van der Waals surface area contributed by atoms with Crippen molar-refractivity contribution < 1.29 is 13.2 Å². The normalized spacial score (nSPS) is 19.7. The number of piperidine rings is 1. The molecule has 1 saturated heterocycles. The minimum atomic E-state index is -3.44. The highest BCUT2D eigenvalue weighted by Crippen LogP contribution is 2.17. The third-order valence-electron chi connectivity index (χ3n) is 3.47. The Morgan fingerprint density at radius 3 is 2.62 bits per heavy atom. The molecule has 118 valence electrons. The monoisotopic (exact) mass is 312 g/mol. The van der Waals surface area contributed by atoms with E-state index in [2.05, 4.69) is 10.0 Å². The van der Waals surface area contributed by atoms with E-state index in [4.69, 9.17) is 4.74 Å². The van der Waals surface area contributed by atoms with Crippen LogP contribution in [0.5, 0.6) is 5.75 Å². The van der Waals surface area contributed by atoms with E-state index in [0.717, 1.165) is 25.9 Å². The topological polar surface area (TPSA) is 67.4 Å². The first-order valence-electron chi connectivity index (χ1n) is 7.44. The molecule has 1 aromatic rings. The van der Waals surface area contributed by atoms with E-state index >= 15 is 0 Å². The van der Waals surface area contributed by atoms with Gasteiger partial charge in [-0.2, -0.15) is 0 Å². The number of nitrogens with one attached hydrogen (secondary N) is 2. The third kappa shape index (κ3) is 4.98. The van der Waals surface area contributed by atoms with Gasteiger partial charge >= 0.3 is 0 Å². The lowest BCUT2D eigenvalue weighted by molar-refractivity contribution is 0.242. The van der Waals surface area contributed by atoms with E-state index in [1.807, 2.05) is 13.8 Å². The van der Waals surface area contributed by atoms with Gasteiger partial charge in [-0.05, 0) is 70.0 Å². The fourth-order valence-corrected chi connectivity index (χ4v) is 3.49. The van der Waals surface area contributed by atoms with Crippen molar-refractivity contribution in [2.24, 2.45) is 5.92 Å². The van der Waals surface area contributed by atoms with Crippen LogP contribution in [0, 0.1) is 5.92 Å². The van der Waals surface area contributed by atoms with Gasteiger partial charge in [0, 0.05) is 6.54 Å². The molecule has 2 N–H and O–H groups in total. The highest BCUT2D eigenvalue weighted by molar-refractivity contribution is 7.89. The summed E-state index contributed by atoms with van der Waals surface area (Å²) in [4.78, 5) is 0.280. The summed E-state index contributed by atoms with van der Waals surface area (Å²) in [6.45, 7) is 6.26. The lowest BCUT2D eigenvalue weighted by Gasteiger charge is -2.22. The summed E-state index contributed by atoms with van der Waals surface area (Å²) in [5.74, 6) is 1.05. The van der Waals surface area contributed by atoms with Crippen LogP contribution in [0.4, 0.5) is 0 Å². The van der Waals surface area contributed by atoms with Gasteiger partial charge in [0.25, 0.3) is 0 Å². The smallest absolute Gasteiger partial charge is 0.240 e. The summed E-state index contributed by atoms with van der Waals surface area (Å²) in [7, 11) is -3.44. The van der Waals surface area contributed by atoms with Crippen molar-refractivity contribution in [1.82, 2.24) is 10.0 Å². The van der Waals surface area contributed by atoms with E-state index in [9.17, 15) is 8.42 Å². The van der Waals surface area contributed by atoms with Crippen molar-refractivity contribution in [1.29, 1.82) is 0 Å². The Morgan fingerprint density at radius 1 is 1.33 bits per heavy atom. The minimum Gasteiger partial charge on any atom is -0.491 e. The Hall–Kier alpha value is -1.11. The van der Waals surface area contributed by atoms with Crippen molar-refractivity contribution in [3.63, 3.8) is 0 Å². The number of sulfonamides is 1. The number of hydrogen-bond donors (Lipinski definition) is 2. The number of rotatable bonds is 6. The highest BCUT2D eigenvalue weighted by atomic mass is 32.2. The van der Waals surface area contributed by atoms with Crippen LogP contribution in [0.25, 0.3) is 0 Å². The Labute approximate surface area is 127 Å². The largest absolute Gasteiger partial charge is 0.491 e. The number of benzene rings is 1. The zero-order valence-electron chi connectivity index (χ0n) is 12.6. The van der Waals surface area contributed by atoms with E-state index in [1.165, 1.54) is 0 Å². The first-order chi connectivity index (χ1) is 9.97. The van der Waals surface area contributed by atoms with Crippen LogP contribution in [0.3, 0.4) is 0 Å². The second-order valence-corrected chi connectivity index (χ2v) is 7.47. The molecule has 1 aromatic carbocycles. The molecule has 1 aliphatic rings. The van der Waals surface area contributed by atoms with Gasteiger partial charge in [-0.1, -0.05) is 0 Å². The first kappa shape index (κ1) is 16.3. The molecule has 5 nitrogen and oxygen atoms in total. The molecule has 0 unspecified atom stereocenters. The molecule has 0 bridgehead atoms. The molecule has 0 amide bonds. The Kier molecular flexibility index (Phi) is 5.61. The molecule has 0 aromatic heterocycles. The molecule has 0 saturated carbocycles. The summed E-state index contributed by atoms with van der Waals surface area (Å²) in [6, 6.07) is 6.55. The molecule has 1 atom stereocenters. The standard InChI is InChI=1S/C15H24N2O3S/c1-12(2)20-14-5-7-15(8-6-14)21(18,19)17-11-13-4-3-9-16-10-13/h5-8,12-13,16-17H,3-4,9-11H2,1-2H3/t13-/m1/s1. The summed E-state index contributed by atoms with van der Waals surface area (Å²) < 4.78 is 32.7. The van der Waals surface area contributed by atoms with E-state index in [1.54, 1.807) is 24.3 Å². The lowest BCUT2D eigenvalue weighted by Crippen LogP contribution is -2.38. The van der Waals surface area contributed by atoms with Crippen LogP contribution in [0.1, 0.15) is 26.7 Å². The molecule has 21 heavy (non-hydrogen) atoms. The molecule has 1 heterocycles. The quantitative estimate of drug-likeness (QED) is 0.840. The van der Waals surface area contributed by atoms with Crippen molar-refractivity contribution in [2.45, 2.75) is 37.7 Å². The first-order valence-corrected chi connectivity index (χ1v) is 8.93. The zero-order valence-corrected chi connectivity index (χ0v) is 13.4. The van der Waals surface area contributed by atoms with Crippen LogP contribution in [0.15, 0.2) is 29.2 Å². The van der Waals surface area contributed by atoms with Crippen LogP contribution in [0.2, 0.25) is 0 Å². The molecule has 1 aliphatic heterocycles. The van der Waals surface area contributed by atoms with Gasteiger partial charge in [-0.3, -0.25) is 0 Å². The molecule has 1 fully saturated rings. The summed E-state index contributed by atoms with van der Waals surface area (Å²) in [6.07, 6.45) is 2.24. The number of hydrogen-bond acceptors (Lipinski definition) is 4. The predicted molar refractivity (Wildman–Crippen MR) is 83.0 cm³/mol. The molecule has 0 radical (unpaired) electrons. The second-order valence-electron chi connectivity index (χ2n) is 5.70. The zero-order chi connectivity index (χ0) is 15.3. The van der Waals surface area contributed by atoms with Gasteiger partial charge in [0.15, 0.2) is 0 Å². The Morgan fingerprint density at radius 2 is 2.05 bits per heavy atom. The van der Waals surface area contributed by atoms with Crippen molar-refractivity contribution in [2.75, 3.05) is 19.6 Å². The van der Waals surface area contributed by atoms with Crippen LogP contribution < -0.4 is 14.8 Å². The Balaban J connectivity index is 1.95. The molecule has 2 rings (SSSR count). The molecule has 6 heteroatoms. The lowest BCUT2D eigenvalue weighted by atomic mass is 10.0. The van der Waals surface area contributed by atoms with Gasteiger partial charge in [0.2, 0.25) is 10.0 Å². The molecular formula is C15H24N2O3S. The number of ether oxygens (including phenoxy) is 1. The van der Waals surface area contributed by atoms with Crippen LogP contribution >= 0.6 is 0 Å². The maximum Gasteiger partial charge on any atom is 0.240 e. The van der Waals surface area contributed by atoms with Crippen molar-refractivity contribution >= 4 is 10.0 Å². The highest BCUT2D eigenvalue weighted by Gasteiger charge is 2.18.